The number of hydrogen-bond acceptors (Lipinski definition) is 5. The fraction of sp³-hybridized carbons (Fsp3) is 0.0952. The molecule has 0 bridgehead atoms. The van der Waals surface area contributed by atoms with Gasteiger partial charge in [0.25, 0.3) is 0 Å². The molecule has 0 aliphatic rings. The Morgan fingerprint density at radius 3 is 2.31 bits per heavy atom. The lowest BCUT2D eigenvalue weighted by Crippen LogP contribution is -2.10. The van der Waals surface area contributed by atoms with Gasteiger partial charge in [-0.25, -0.2) is 0 Å². The molecular formula is C21H17Cl2NO4S. The molecule has 0 amide bonds. The molecule has 8 heteroatoms. The summed E-state index contributed by atoms with van der Waals surface area (Å²) >= 11 is 11.9. The van der Waals surface area contributed by atoms with Crippen LogP contribution in [0.4, 0.5) is 5.69 Å². The van der Waals surface area contributed by atoms with E-state index in [1.54, 1.807) is 24.4 Å². The van der Waals surface area contributed by atoms with Crippen molar-refractivity contribution in [3.05, 3.63) is 81.8 Å². The van der Waals surface area contributed by atoms with Gasteiger partial charge in [0.15, 0.2) is 11.5 Å². The van der Waals surface area contributed by atoms with Crippen LogP contribution < -0.4 is 8.92 Å². The van der Waals surface area contributed by atoms with Crippen molar-refractivity contribution < 1.29 is 17.3 Å². The van der Waals surface area contributed by atoms with E-state index in [2.05, 4.69) is 4.99 Å². The number of aryl methyl sites for hydroxylation is 1. The van der Waals surface area contributed by atoms with Gasteiger partial charge in [-0.15, -0.1) is 0 Å². The van der Waals surface area contributed by atoms with Crippen LogP contribution in [0, 0.1) is 6.92 Å². The van der Waals surface area contributed by atoms with Crippen molar-refractivity contribution in [1.29, 1.82) is 0 Å². The summed E-state index contributed by atoms with van der Waals surface area (Å²) in [4.78, 5) is 4.37. The smallest absolute Gasteiger partial charge is 0.339 e. The van der Waals surface area contributed by atoms with Crippen molar-refractivity contribution in [2.75, 3.05) is 7.11 Å². The summed E-state index contributed by atoms with van der Waals surface area (Å²) < 4.78 is 35.5. The molecule has 0 N–H and O–H groups in total. The molecule has 3 aromatic rings. The van der Waals surface area contributed by atoms with Crippen molar-refractivity contribution in [3.63, 3.8) is 0 Å². The summed E-state index contributed by atoms with van der Waals surface area (Å²) in [6, 6.07) is 16.0. The van der Waals surface area contributed by atoms with Crippen LogP contribution in [0.25, 0.3) is 0 Å². The predicted molar refractivity (Wildman–Crippen MR) is 116 cm³/mol. The largest absolute Gasteiger partial charge is 0.493 e. The standard InChI is InChI=1S/C21H17Cl2NO4S/c1-14-3-7-17(12-19(14)23)24-13-15-4-10-20(21(11-15)27-2)28-29(25,26)18-8-5-16(22)6-9-18/h3-13H,1-2H3. The van der Waals surface area contributed by atoms with E-state index in [1.165, 1.54) is 37.4 Å². The first-order chi connectivity index (χ1) is 13.8. The molecule has 0 saturated carbocycles. The van der Waals surface area contributed by atoms with Gasteiger partial charge in [0.1, 0.15) is 4.90 Å². The third kappa shape index (κ3) is 5.29. The highest BCUT2D eigenvalue weighted by Crippen LogP contribution is 2.31. The van der Waals surface area contributed by atoms with Gasteiger partial charge in [-0.1, -0.05) is 29.3 Å². The maximum atomic E-state index is 12.5. The van der Waals surface area contributed by atoms with Crippen LogP contribution in [-0.4, -0.2) is 21.7 Å². The number of aliphatic imine (C=N–C) groups is 1. The Morgan fingerprint density at radius 2 is 1.66 bits per heavy atom. The Kier molecular flexibility index (Phi) is 6.47. The van der Waals surface area contributed by atoms with E-state index in [1.807, 2.05) is 19.1 Å². The van der Waals surface area contributed by atoms with E-state index in [9.17, 15) is 8.42 Å². The summed E-state index contributed by atoms with van der Waals surface area (Å²) in [7, 11) is -2.60. The molecule has 0 heterocycles. The lowest BCUT2D eigenvalue weighted by Gasteiger charge is -2.11. The summed E-state index contributed by atoms with van der Waals surface area (Å²) in [5.74, 6) is 0.325. The van der Waals surface area contributed by atoms with Crippen molar-refractivity contribution in [3.8, 4) is 11.5 Å². The van der Waals surface area contributed by atoms with Crippen LogP contribution in [0.2, 0.25) is 10.0 Å². The number of halogens is 2. The van der Waals surface area contributed by atoms with Gasteiger partial charge in [-0.05, 0) is 72.6 Å². The Labute approximate surface area is 179 Å². The number of nitrogens with zero attached hydrogens (tertiary/aromatic N) is 1. The lowest BCUT2D eigenvalue weighted by atomic mass is 10.2. The first kappa shape index (κ1) is 21.2. The van der Waals surface area contributed by atoms with E-state index in [0.717, 1.165) is 5.56 Å². The van der Waals surface area contributed by atoms with E-state index in [0.29, 0.717) is 21.3 Å². The molecule has 0 spiro atoms. The SMILES string of the molecule is COc1cc(C=Nc2ccc(C)c(Cl)c2)ccc1OS(=O)(=O)c1ccc(Cl)cc1. The third-order valence-electron chi connectivity index (χ3n) is 4.01. The van der Waals surface area contributed by atoms with Crippen molar-refractivity contribution in [2.24, 2.45) is 4.99 Å². The molecule has 3 rings (SSSR count). The molecule has 0 radical (unpaired) electrons. The number of rotatable bonds is 6. The van der Waals surface area contributed by atoms with Crippen LogP contribution in [0.3, 0.4) is 0 Å². The van der Waals surface area contributed by atoms with E-state index < -0.39 is 10.1 Å². The Morgan fingerprint density at radius 1 is 0.931 bits per heavy atom. The van der Waals surface area contributed by atoms with Crippen LogP contribution in [0.15, 0.2) is 70.6 Å². The molecule has 0 aliphatic heterocycles. The zero-order chi connectivity index (χ0) is 21.0. The average molecular weight is 450 g/mol. The first-order valence-electron chi connectivity index (χ1n) is 8.47. The van der Waals surface area contributed by atoms with Crippen LogP contribution in [-0.2, 0) is 10.1 Å². The first-order valence-corrected chi connectivity index (χ1v) is 10.6. The predicted octanol–water partition coefficient (Wildman–Crippen LogP) is 5.83. The van der Waals surface area contributed by atoms with Crippen LogP contribution in [0.5, 0.6) is 11.5 Å². The Hall–Kier alpha value is -2.54. The molecule has 0 aliphatic carbocycles. The molecule has 0 unspecified atom stereocenters. The molecule has 150 valence electrons. The third-order valence-corrected chi connectivity index (χ3v) is 5.92. The van der Waals surface area contributed by atoms with Gasteiger partial charge in [0.05, 0.1) is 12.8 Å². The minimum atomic E-state index is -4.03. The van der Waals surface area contributed by atoms with Gasteiger partial charge >= 0.3 is 10.1 Å². The van der Waals surface area contributed by atoms with E-state index in [4.69, 9.17) is 32.1 Å². The molecule has 3 aromatic carbocycles. The van der Waals surface area contributed by atoms with Crippen molar-refractivity contribution in [1.82, 2.24) is 0 Å². The fourth-order valence-electron chi connectivity index (χ4n) is 2.41. The second-order valence-electron chi connectivity index (χ2n) is 6.09. The molecule has 0 saturated heterocycles. The molecule has 5 nitrogen and oxygen atoms in total. The quantitative estimate of drug-likeness (QED) is 0.350. The Balaban J connectivity index is 1.84. The highest BCUT2D eigenvalue weighted by atomic mass is 35.5. The molecule has 0 fully saturated rings. The minimum absolute atomic E-state index is 0.00848. The van der Waals surface area contributed by atoms with Crippen molar-refractivity contribution >= 4 is 45.2 Å². The zero-order valence-electron chi connectivity index (χ0n) is 15.6. The topological polar surface area (TPSA) is 65.0 Å². The maximum Gasteiger partial charge on any atom is 0.339 e. The average Bonchev–Trinajstić information content (AvgIpc) is 2.69. The number of benzene rings is 3. The summed E-state index contributed by atoms with van der Waals surface area (Å²) in [5, 5.41) is 1.06. The molecular weight excluding hydrogens is 433 g/mol. The Bertz CT molecular complexity index is 1160. The second-order valence-corrected chi connectivity index (χ2v) is 8.48. The van der Waals surface area contributed by atoms with Gasteiger partial charge < -0.3 is 8.92 Å². The van der Waals surface area contributed by atoms with Crippen molar-refractivity contribution in [2.45, 2.75) is 11.8 Å². The van der Waals surface area contributed by atoms with E-state index >= 15 is 0 Å². The zero-order valence-corrected chi connectivity index (χ0v) is 17.9. The number of ether oxygens (including phenoxy) is 1. The van der Waals surface area contributed by atoms with Gasteiger partial charge in [0, 0.05) is 16.3 Å². The normalized spacial score (nSPS) is 11.6. The summed E-state index contributed by atoms with van der Waals surface area (Å²) in [5.41, 5.74) is 2.37. The van der Waals surface area contributed by atoms with Crippen LogP contribution in [0.1, 0.15) is 11.1 Å². The van der Waals surface area contributed by atoms with E-state index in [-0.39, 0.29) is 16.4 Å². The fourth-order valence-corrected chi connectivity index (χ4v) is 3.65. The summed E-state index contributed by atoms with van der Waals surface area (Å²) in [6.45, 7) is 1.91. The van der Waals surface area contributed by atoms with Gasteiger partial charge in [0.2, 0.25) is 0 Å². The van der Waals surface area contributed by atoms with Gasteiger partial charge in [-0.3, -0.25) is 4.99 Å². The minimum Gasteiger partial charge on any atom is -0.493 e. The lowest BCUT2D eigenvalue weighted by molar-refractivity contribution is 0.390. The highest BCUT2D eigenvalue weighted by Gasteiger charge is 2.19. The molecule has 0 atom stereocenters. The number of methoxy groups -OCH3 is 1. The highest BCUT2D eigenvalue weighted by molar-refractivity contribution is 7.87. The summed E-state index contributed by atoms with van der Waals surface area (Å²) in [6.07, 6.45) is 1.63. The second kappa shape index (κ2) is 8.86. The monoisotopic (exact) mass is 449 g/mol. The molecule has 29 heavy (non-hydrogen) atoms. The number of hydrogen-bond donors (Lipinski definition) is 0. The maximum absolute atomic E-state index is 12.5. The van der Waals surface area contributed by atoms with Crippen LogP contribution >= 0.6 is 23.2 Å². The molecule has 0 aromatic heterocycles. The van der Waals surface area contributed by atoms with Gasteiger partial charge in [-0.2, -0.15) is 8.42 Å².